The molecule has 0 saturated heterocycles. The molecule has 0 unspecified atom stereocenters. The highest BCUT2D eigenvalue weighted by Gasteiger charge is 2.13. The second-order valence-corrected chi connectivity index (χ2v) is 6.67. The van der Waals surface area contributed by atoms with Crippen molar-refractivity contribution in [3.63, 3.8) is 0 Å². The van der Waals surface area contributed by atoms with E-state index in [2.05, 4.69) is 65.5 Å². The minimum absolute atomic E-state index is 0.681. The van der Waals surface area contributed by atoms with E-state index in [1.54, 1.807) is 18.4 Å². The lowest BCUT2D eigenvalue weighted by Crippen LogP contribution is -2.07. The van der Waals surface area contributed by atoms with Crippen molar-refractivity contribution >= 4 is 16.5 Å². The van der Waals surface area contributed by atoms with Crippen molar-refractivity contribution in [2.75, 3.05) is 25.6 Å². The van der Waals surface area contributed by atoms with Crippen LogP contribution in [0, 0.1) is 13.8 Å². The molecule has 5 heteroatoms. The van der Waals surface area contributed by atoms with Crippen LogP contribution in [0.15, 0.2) is 41.8 Å². The van der Waals surface area contributed by atoms with Gasteiger partial charge in [0, 0.05) is 42.5 Å². The monoisotopic (exact) mass is 341 g/mol. The van der Waals surface area contributed by atoms with E-state index >= 15 is 0 Å². The Hall–Kier alpha value is -2.11. The van der Waals surface area contributed by atoms with Gasteiger partial charge >= 0.3 is 0 Å². The first-order valence-corrected chi connectivity index (χ1v) is 8.96. The molecule has 3 rings (SSSR count). The van der Waals surface area contributed by atoms with Crippen molar-refractivity contribution in [3.8, 4) is 11.3 Å². The SMILES string of the molecule is COCCNc1nc(-c2cc(C)n(Cc3ccccc3)c2C)cs1. The van der Waals surface area contributed by atoms with Crippen molar-refractivity contribution in [2.24, 2.45) is 0 Å². The van der Waals surface area contributed by atoms with Crippen LogP contribution in [0.4, 0.5) is 5.13 Å². The standard InChI is InChI=1S/C19H23N3OS/c1-14-11-17(18-13-24-19(21-18)20-9-10-23-3)15(2)22(14)12-16-7-5-4-6-8-16/h4-8,11,13H,9-10,12H2,1-3H3,(H,20,21). The molecule has 2 heterocycles. The van der Waals surface area contributed by atoms with Gasteiger partial charge in [0.05, 0.1) is 12.3 Å². The van der Waals surface area contributed by atoms with Crippen molar-refractivity contribution < 1.29 is 4.74 Å². The largest absolute Gasteiger partial charge is 0.383 e. The Morgan fingerprint density at radius 3 is 2.75 bits per heavy atom. The lowest BCUT2D eigenvalue weighted by Gasteiger charge is -2.09. The van der Waals surface area contributed by atoms with Crippen LogP contribution in [0.2, 0.25) is 0 Å². The molecule has 1 N–H and O–H groups in total. The van der Waals surface area contributed by atoms with Gasteiger partial charge in [-0.25, -0.2) is 4.98 Å². The fourth-order valence-electron chi connectivity index (χ4n) is 2.81. The van der Waals surface area contributed by atoms with Crippen molar-refractivity contribution in [3.05, 3.63) is 58.7 Å². The van der Waals surface area contributed by atoms with Crippen LogP contribution in [0.1, 0.15) is 17.0 Å². The second kappa shape index (κ2) is 7.64. The summed E-state index contributed by atoms with van der Waals surface area (Å²) in [5.41, 5.74) is 6.07. The van der Waals surface area contributed by atoms with Gasteiger partial charge in [-0.3, -0.25) is 0 Å². The third kappa shape index (κ3) is 3.68. The van der Waals surface area contributed by atoms with E-state index in [1.165, 1.54) is 22.5 Å². The lowest BCUT2D eigenvalue weighted by atomic mass is 10.2. The van der Waals surface area contributed by atoms with Gasteiger partial charge in [0.25, 0.3) is 0 Å². The summed E-state index contributed by atoms with van der Waals surface area (Å²) >= 11 is 1.64. The number of methoxy groups -OCH3 is 1. The van der Waals surface area contributed by atoms with E-state index in [0.717, 1.165) is 23.9 Å². The Labute approximate surface area is 147 Å². The number of rotatable bonds is 7. The summed E-state index contributed by atoms with van der Waals surface area (Å²) in [6.07, 6.45) is 0. The van der Waals surface area contributed by atoms with E-state index in [0.29, 0.717) is 6.61 Å². The third-order valence-electron chi connectivity index (χ3n) is 4.12. The summed E-state index contributed by atoms with van der Waals surface area (Å²) in [5, 5.41) is 6.35. The lowest BCUT2D eigenvalue weighted by molar-refractivity contribution is 0.211. The van der Waals surface area contributed by atoms with Crippen LogP contribution in [-0.2, 0) is 11.3 Å². The van der Waals surface area contributed by atoms with E-state index in [-0.39, 0.29) is 0 Å². The molecule has 1 aromatic carbocycles. The Morgan fingerprint density at radius 2 is 2.00 bits per heavy atom. The molecule has 0 aliphatic rings. The van der Waals surface area contributed by atoms with E-state index < -0.39 is 0 Å². The topological polar surface area (TPSA) is 39.1 Å². The van der Waals surface area contributed by atoms with Gasteiger partial charge in [-0.2, -0.15) is 0 Å². The van der Waals surface area contributed by atoms with Crippen LogP contribution in [-0.4, -0.2) is 29.8 Å². The van der Waals surface area contributed by atoms with Crippen molar-refractivity contribution in [1.29, 1.82) is 0 Å². The molecule has 2 aromatic heterocycles. The number of thiazole rings is 1. The number of aromatic nitrogens is 2. The van der Waals surface area contributed by atoms with Gasteiger partial charge < -0.3 is 14.6 Å². The average Bonchev–Trinajstić information content (AvgIpc) is 3.16. The van der Waals surface area contributed by atoms with Crippen LogP contribution in [0.5, 0.6) is 0 Å². The Bertz CT molecular complexity index is 792. The molecule has 0 amide bonds. The summed E-state index contributed by atoms with van der Waals surface area (Å²) in [7, 11) is 1.70. The zero-order valence-corrected chi connectivity index (χ0v) is 15.2. The molecule has 0 bridgehead atoms. The number of nitrogens with one attached hydrogen (secondary N) is 1. The molecule has 0 saturated carbocycles. The maximum Gasteiger partial charge on any atom is 0.183 e. The fourth-order valence-corrected chi connectivity index (χ4v) is 3.55. The maximum atomic E-state index is 5.06. The van der Waals surface area contributed by atoms with Crippen molar-refractivity contribution in [1.82, 2.24) is 9.55 Å². The zero-order chi connectivity index (χ0) is 16.9. The molecule has 0 radical (unpaired) electrons. The molecular weight excluding hydrogens is 318 g/mol. The minimum atomic E-state index is 0.681. The number of ether oxygens (including phenoxy) is 1. The molecule has 0 aliphatic heterocycles. The first-order valence-electron chi connectivity index (χ1n) is 8.08. The Kier molecular flexibility index (Phi) is 5.33. The molecule has 0 fully saturated rings. The summed E-state index contributed by atoms with van der Waals surface area (Å²) in [4.78, 5) is 4.71. The first kappa shape index (κ1) is 16.7. The summed E-state index contributed by atoms with van der Waals surface area (Å²) in [6.45, 7) is 6.67. The second-order valence-electron chi connectivity index (χ2n) is 5.81. The summed E-state index contributed by atoms with van der Waals surface area (Å²) in [5.74, 6) is 0. The molecule has 0 spiro atoms. The molecule has 0 aliphatic carbocycles. The van der Waals surface area contributed by atoms with E-state index in [1.807, 2.05) is 0 Å². The fraction of sp³-hybridized carbons (Fsp3) is 0.316. The van der Waals surface area contributed by atoms with Crippen LogP contribution < -0.4 is 5.32 Å². The normalized spacial score (nSPS) is 11.0. The summed E-state index contributed by atoms with van der Waals surface area (Å²) < 4.78 is 7.41. The molecule has 24 heavy (non-hydrogen) atoms. The Balaban J connectivity index is 1.81. The van der Waals surface area contributed by atoms with Gasteiger partial charge in [-0.15, -0.1) is 11.3 Å². The quantitative estimate of drug-likeness (QED) is 0.650. The molecular formula is C19H23N3OS. The average molecular weight is 341 g/mol. The smallest absolute Gasteiger partial charge is 0.183 e. The predicted molar refractivity (Wildman–Crippen MR) is 101 cm³/mol. The number of aryl methyl sites for hydroxylation is 1. The molecule has 126 valence electrons. The van der Waals surface area contributed by atoms with Gasteiger partial charge in [0.1, 0.15) is 0 Å². The van der Waals surface area contributed by atoms with Gasteiger partial charge in [-0.05, 0) is 25.5 Å². The highest BCUT2D eigenvalue weighted by molar-refractivity contribution is 7.14. The zero-order valence-electron chi connectivity index (χ0n) is 14.4. The number of benzene rings is 1. The number of nitrogens with zero attached hydrogens (tertiary/aromatic N) is 2. The maximum absolute atomic E-state index is 5.06. The van der Waals surface area contributed by atoms with E-state index in [9.17, 15) is 0 Å². The van der Waals surface area contributed by atoms with Crippen LogP contribution >= 0.6 is 11.3 Å². The van der Waals surface area contributed by atoms with Gasteiger partial charge in [0.2, 0.25) is 0 Å². The number of hydrogen-bond donors (Lipinski definition) is 1. The minimum Gasteiger partial charge on any atom is -0.383 e. The van der Waals surface area contributed by atoms with E-state index in [4.69, 9.17) is 9.72 Å². The molecule has 3 aromatic rings. The van der Waals surface area contributed by atoms with Crippen molar-refractivity contribution in [2.45, 2.75) is 20.4 Å². The van der Waals surface area contributed by atoms with Gasteiger partial charge in [-0.1, -0.05) is 30.3 Å². The molecule has 0 atom stereocenters. The van der Waals surface area contributed by atoms with Crippen LogP contribution in [0.25, 0.3) is 11.3 Å². The number of hydrogen-bond acceptors (Lipinski definition) is 4. The molecule has 4 nitrogen and oxygen atoms in total. The highest BCUT2D eigenvalue weighted by atomic mass is 32.1. The third-order valence-corrected chi connectivity index (χ3v) is 4.92. The highest BCUT2D eigenvalue weighted by Crippen LogP contribution is 2.30. The predicted octanol–water partition coefficient (Wildman–Crippen LogP) is 4.34. The number of anilines is 1. The summed E-state index contributed by atoms with van der Waals surface area (Å²) in [6, 6.07) is 12.8. The first-order chi connectivity index (χ1) is 11.7. The Morgan fingerprint density at radius 1 is 1.21 bits per heavy atom. The van der Waals surface area contributed by atoms with Gasteiger partial charge in [0.15, 0.2) is 5.13 Å². The van der Waals surface area contributed by atoms with Crippen LogP contribution in [0.3, 0.4) is 0 Å².